The average molecular weight is 362 g/mol. The van der Waals surface area contributed by atoms with Crippen LogP contribution in [0.5, 0.6) is 0 Å². The molecule has 1 aromatic carbocycles. The molecule has 4 nitrogen and oxygen atoms in total. The predicted octanol–water partition coefficient (Wildman–Crippen LogP) is 3.23. The van der Waals surface area contributed by atoms with Crippen molar-refractivity contribution in [1.29, 1.82) is 0 Å². The second-order valence-electron chi connectivity index (χ2n) is 3.88. The van der Waals surface area contributed by atoms with E-state index in [0.29, 0.717) is 0 Å². The molecule has 0 bridgehead atoms. The fraction of sp³-hybridized carbons (Fsp3) is 0.167. The Kier molecular flexibility index (Phi) is 4.75. The Labute approximate surface area is 124 Å². The van der Waals surface area contributed by atoms with Crippen LogP contribution in [0.1, 0.15) is 11.1 Å². The van der Waals surface area contributed by atoms with Crippen molar-refractivity contribution < 1.29 is 13.3 Å². The molecule has 1 aromatic heterocycles. The minimum atomic E-state index is -3.62. The molecule has 0 amide bonds. The normalized spacial score (nSPS) is 11.7. The number of aryl methyl sites for hydroxylation is 1. The zero-order valence-electron chi connectivity index (χ0n) is 10.1. The van der Waals surface area contributed by atoms with Gasteiger partial charge in [-0.05, 0) is 40.0 Å². The van der Waals surface area contributed by atoms with Gasteiger partial charge in [0, 0.05) is 0 Å². The van der Waals surface area contributed by atoms with E-state index in [1.54, 1.807) is 6.07 Å². The fourth-order valence-electron chi connectivity index (χ4n) is 1.37. The summed E-state index contributed by atoms with van der Waals surface area (Å²) >= 11 is 4.45. The zero-order valence-corrected chi connectivity index (χ0v) is 13.3. The molecule has 0 fully saturated rings. The maximum atomic E-state index is 11.9. The molecular weight excluding hydrogens is 350 g/mol. The van der Waals surface area contributed by atoms with Crippen LogP contribution in [0.2, 0.25) is 0 Å². The number of rotatable bonds is 5. The molecule has 0 spiro atoms. The van der Waals surface area contributed by atoms with Gasteiger partial charge >= 0.3 is 0 Å². The van der Waals surface area contributed by atoms with E-state index in [-0.39, 0.29) is 10.8 Å². The zero-order chi connectivity index (χ0) is 13.9. The smallest absolute Gasteiger partial charge is 0.271 e. The molecule has 7 heteroatoms. The first-order valence-corrected chi connectivity index (χ1v) is 8.52. The minimum Gasteiger partial charge on any atom is -0.282 e. The summed E-state index contributed by atoms with van der Waals surface area (Å²) in [4.78, 5) is 7.17. The van der Waals surface area contributed by atoms with Crippen molar-refractivity contribution in [2.24, 2.45) is 0 Å². The standard InChI is InChI=1S/C12H12BrNO3S2/c1-9-7-11(18-12(9)13)19(15,16)14-17-8-10-5-3-2-4-6-10/h2-7,14H,8H2,1H3. The Bertz CT molecular complexity index is 633. The second kappa shape index (κ2) is 6.15. The molecule has 1 heterocycles. The summed E-state index contributed by atoms with van der Waals surface area (Å²) in [7, 11) is -3.62. The first-order chi connectivity index (χ1) is 8.99. The Morgan fingerprint density at radius 3 is 2.58 bits per heavy atom. The van der Waals surface area contributed by atoms with Crippen molar-refractivity contribution in [2.45, 2.75) is 17.7 Å². The summed E-state index contributed by atoms with van der Waals surface area (Å²) in [5, 5.41) is 0. The number of halogens is 1. The van der Waals surface area contributed by atoms with Gasteiger partial charge in [-0.3, -0.25) is 4.84 Å². The van der Waals surface area contributed by atoms with Crippen LogP contribution in [0.3, 0.4) is 0 Å². The van der Waals surface area contributed by atoms with Crippen molar-refractivity contribution in [1.82, 2.24) is 4.89 Å². The molecule has 0 unspecified atom stereocenters. The molecule has 0 aliphatic rings. The van der Waals surface area contributed by atoms with Crippen LogP contribution in [0.4, 0.5) is 0 Å². The summed E-state index contributed by atoms with van der Waals surface area (Å²) in [5.74, 6) is 0. The summed E-state index contributed by atoms with van der Waals surface area (Å²) in [6, 6.07) is 10.9. The van der Waals surface area contributed by atoms with Crippen molar-refractivity contribution in [2.75, 3.05) is 0 Å². The maximum Gasteiger partial charge on any atom is 0.271 e. The lowest BCUT2D eigenvalue weighted by Gasteiger charge is -2.05. The first-order valence-electron chi connectivity index (χ1n) is 5.42. The molecular formula is C12H12BrNO3S2. The van der Waals surface area contributed by atoms with Crippen LogP contribution in [-0.2, 0) is 21.5 Å². The van der Waals surface area contributed by atoms with Crippen LogP contribution in [0.25, 0.3) is 0 Å². The minimum absolute atomic E-state index is 0.186. The SMILES string of the molecule is Cc1cc(S(=O)(=O)NOCc2ccccc2)sc1Br. The van der Waals surface area contributed by atoms with E-state index < -0.39 is 10.0 Å². The van der Waals surface area contributed by atoms with Crippen molar-refractivity contribution >= 4 is 37.3 Å². The van der Waals surface area contributed by atoms with Gasteiger partial charge in [0.05, 0.1) is 10.4 Å². The van der Waals surface area contributed by atoms with Gasteiger partial charge in [0.15, 0.2) is 0 Å². The molecule has 19 heavy (non-hydrogen) atoms. The lowest BCUT2D eigenvalue weighted by Crippen LogP contribution is -2.23. The molecule has 0 saturated heterocycles. The lowest BCUT2D eigenvalue weighted by molar-refractivity contribution is 0.0797. The highest BCUT2D eigenvalue weighted by molar-refractivity contribution is 9.11. The summed E-state index contributed by atoms with van der Waals surface area (Å²) in [6.07, 6.45) is 0. The van der Waals surface area contributed by atoms with Crippen molar-refractivity contribution in [3.05, 3.63) is 51.3 Å². The van der Waals surface area contributed by atoms with Crippen molar-refractivity contribution in [3.63, 3.8) is 0 Å². The Morgan fingerprint density at radius 2 is 2.00 bits per heavy atom. The number of sulfonamides is 1. The number of hydrogen-bond acceptors (Lipinski definition) is 4. The third-order valence-electron chi connectivity index (χ3n) is 2.35. The predicted molar refractivity (Wildman–Crippen MR) is 78.3 cm³/mol. The molecule has 0 radical (unpaired) electrons. The van der Waals surface area contributed by atoms with E-state index >= 15 is 0 Å². The second-order valence-corrected chi connectivity index (χ2v) is 8.13. The van der Waals surface area contributed by atoms with Gasteiger partial charge in [-0.25, -0.2) is 8.42 Å². The number of nitrogens with one attached hydrogen (secondary N) is 1. The van der Waals surface area contributed by atoms with Crippen LogP contribution < -0.4 is 4.89 Å². The van der Waals surface area contributed by atoms with Gasteiger partial charge in [-0.1, -0.05) is 35.2 Å². The topological polar surface area (TPSA) is 55.4 Å². The lowest BCUT2D eigenvalue weighted by atomic mass is 10.2. The number of hydrogen-bond donors (Lipinski definition) is 1. The van der Waals surface area contributed by atoms with Gasteiger partial charge in [-0.2, -0.15) is 0 Å². The Morgan fingerprint density at radius 1 is 1.32 bits per heavy atom. The highest BCUT2D eigenvalue weighted by Crippen LogP contribution is 2.30. The average Bonchev–Trinajstić information content (AvgIpc) is 2.72. The van der Waals surface area contributed by atoms with E-state index in [1.807, 2.05) is 37.3 Å². The molecule has 2 rings (SSSR count). The van der Waals surface area contributed by atoms with E-state index in [4.69, 9.17) is 4.84 Å². The maximum absolute atomic E-state index is 11.9. The highest BCUT2D eigenvalue weighted by Gasteiger charge is 2.18. The van der Waals surface area contributed by atoms with E-state index in [0.717, 1.165) is 26.3 Å². The van der Waals surface area contributed by atoms with Gasteiger partial charge in [-0.15, -0.1) is 11.3 Å². The molecule has 102 valence electrons. The fourth-order valence-corrected chi connectivity index (χ4v) is 4.38. The molecule has 0 aliphatic heterocycles. The first kappa shape index (κ1) is 14.7. The Hall–Kier alpha value is -0.730. The van der Waals surface area contributed by atoms with Crippen LogP contribution in [0, 0.1) is 6.92 Å². The summed E-state index contributed by atoms with van der Waals surface area (Å²) < 4.78 is 24.9. The van der Waals surface area contributed by atoms with E-state index in [1.165, 1.54) is 0 Å². The number of thiophene rings is 1. The van der Waals surface area contributed by atoms with Crippen molar-refractivity contribution in [3.8, 4) is 0 Å². The third-order valence-corrected chi connectivity index (χ3v) is 6.17. The summed E-state index contributed by atoms with van der Waals surface area (Å²) in [5.41, 5.74) is 1.78. The molecule has 0 atom stereocenters. The largest absolute Gasteiger partial charge is 0.282 e. The van der Waals surface area contributed by atoms with E-state index in [2.05, 4.69) is 20.8 Å². The third kappa shape index (κ3) is 3.87. The quantitative estimate of drug-likeness (QED) is 0.831. The summed E-state index contributed by atoms with van der Waals surface area (Å²) in [6.45, 7) is 2.02. The Balaban J connectivity index is 1.99. The molecule has 0 saturated carbocycles. The molecule has 1 N–H and O–H groups in total. The van der Waals surface area contributed by atoms with Crippen LogP contribution >= 0.6 is 27.3 Å². The molecule has 0 aliphatic carbocycles. The van der Waals surface area contributed by atoms with Crippen LogP contribution in [-0.4, -0.2) is 8.42 Å². The highest BCUT2D eigenvalue weighted by atomic mass is 79.9. The van der Waals surface area contributed by atoms with E-state index in [9.17, 15) is 8.42 Å². The van der Waals surface area contributed by atoms with Gasteiger partial charge in [0.1, 0.15) is 4.21 Å². The van der Waals surface area contributed by atoms with Gasteiger partial charge in [0.25, 0.3) is 10.0 Å². The van der Waals surface area contributed by atoms with Gasteiger partial charge < -0.3 is 0 Å². The van der Waals surface area contributed by atoms with Crippen LogP contribution in [0.15, 0.2) is 44.4 Å². The number of benzene rings is 1. The monoisotopic (exact) mass is 361 g/mol. The molecule has 2 aromatic rings. The van der Waals surface area contributed by atoms with Gasteiger partial charge in [0.2, 0.25) is 0 Å².